The van der Waals surface area contributed by atoms with Crippen molar-refractivity contribution in [3.63, 3.8) is 0 Å². The zero-order valence-electron chi connectivity index (χ0n) is 20.3. The van der Waals surface area contributed by atoms with Crippen LogP contribution in [0.3, 0.4) is 0 Å². The summed E-state index contributed by atoms with van der Waals surface area (Å²) in [6.07, 6.45) is 29.4. The van der Waals surface area contributed by atoms with Crippen LogP contribution in [0.25, 0.3) is 0 Å². The maximum Gasteiger partial charge on any atom is 0.328 e. The molecule has 0 radical (unpaired) electrons. The summed E-state index contributed by atoms with van der Waals surface area (Å²) >= 11 is 0. The van der Waals surface area contributed by atoms with Gasteiger partial charge in [-0.25, -0.2) is 4.79 Å². The minimum absolute atomic E-state index is 0.0457. The molecule has 4 nitrogen and oxygen atoms in total. The van der Waals surface area contributed by atoms with Gasteiger partial charge in [0.05, 0.1) is 6.61 Å². The van der Waals surface area contributed by atoms with Gasteiger partial charge in [0.2, 0.25) is 5.91 Å². The number of nitrogens with one attached hydrogen (secondary N) is 1. The number of carbonyl (C=O) groups is 2. The molecule has 0 aromatic rings. The molecule has 0 spiro atoms. The molecule has 0 aliphatic carbocycles. The molecule has 0 aromatic heterocycles. The van der Waals surface area contributed by atoms with Crippen LogP contribution in [0.2, 0.25) is 0 Å². The van der Waals surface area contributed by atoms with Crippen LogP contribution < -0.4 is 5.32 Å². The Morgan fingerprint density at radius 1 is 0.806 bits per heavy atom. The second-order valence-electron chi connectivity index (χ2n) is 9.18. The molecule has 1 aliphatic heterocycles. The maximum absolute atomic E-state index is 11.7. The van der Waals surface area contributed by atoms with Gasteiger partial charge in [0.1, 0.15) is 6.04 Å². The molecule has 1 rings (SSSR count). The second kappa shape index (κ2) is 20.6. The monoisotopic (exact) mass is 435 g/mol. The molecule has 0 unspecified atom stereocenters. The first-order valence-corrected chi connectivity index (χ1v) is 13.3. The minimum Gasteiger partial charge on any atom is -0.464 e. The lowest BCUT2D eigenvalue weighted by Gasteiger charge is -2.09. The van der Waals surface area contributed by atoms with Gasteiger partial charge in [0, 0.05) is 6.42 Å². The van der Waals surface area contributed by atoms with Gasteiger partial charge in [0.15, 0.2) is 0 Å². The lowest BCUT2D eigenvalue weighted by Crippen LogP contribution is -2.34. The predicted octanol–water partition coefficient (Wildman–Crippen LogP) is 7.41. The Morgan fingerprint density at radius 3 is 1.77 bits per heavy atom. The fraction of sp³-hybridized carbons (Fsp3) is 0.852. The fourth-order valence-electron chi connectivity index (χ4n) is 4.12. The van der Waals surface area contributed by atoms with Crippen molar-refractivity contribution >= 4 is 11.9 Å². The van der Waals surface area contributed by atoms with Crippen LogP contribution in [0.5, 0.6) is 0 Å². The molecule has 0 bridgehead atoms. The Morgan fingerprint density at radius 2 is 1.29 bits per heavy atom. The van der Waals surface area contributed by atoms with E-state index in [1.807, 2.05) is 0 Å². The van der Waals surface area contributed by atoms with Gasteiger partial charge in [-0.2, -0.15) is 0 Å². The van der Waals surface area contributed by atoms with Crippen LogP contribution in [0, 0.1) is 0 Å². The van der Waals surface area contributed by atoms with E-state index >= 15 is 0 Å². The summed E-state index contributed by atoms with van der Waals surface area (Å²) < 4.78 is 5.25. The smallest absolute Gasteiger partial charge is 0.328 e. The second-order valence-corrected chi connectivity index (χ2v) is 9.18. The molecule has 1 saturated heterocycles. The largest absolute Gasteiger partial charge is 0.464 e. The fourth-order valence-corrected chi connectivity index (χ4v) is 4.12. The Labute approximate surface area is 192 Å². The molecule has 1 atom stereocenters. The average Bonchev–Trinajstić information content (AvgIpc) is 3.21. The summed E-state index contributed by atoms with van der Waals surface area (Å²) in [4.78, 5) is 22.8. The average molecular weight is 436 g/mol. The van der Waals surface area contributed by atoms with E-state index in [0.29, 0.717) is 19.4 Å². The number of ether oxygens (including phenoxy) is 1. The van der Waals surface area contributed by atoms with Crippen LogP contribution in [-0.4, -0.2) is 24.5 Å². The van der Waals surface area contributed by atoms with Crippen molar-refractivity contribution in [2.24, 2.45) is 0 Å². The standard InChI is InChI=1S/C27H49NO3/c1-2-3-4-5-6-7-8-9-10-11-12-13-14-15-16-17-18-19-20-21-24-31-27(30)25-22-23-26(29)28-25/h13-14,25H,2-12,15-24H2,1H3,(H,28,29)/b14-13+/t25-/m0/s1. The van der Waals surface area contributed by atoms with E-state index in [2.05, 4.69) is 24.4 Å². The SMILES string of the molecule is CCCCCCCCCCCC/C=C/CCCCCCCCOC(=O)[C@@H]1CCC(=O)N1. The van der Waals surface area contributed by atoms with Gasteiger partial charge in [0.25, 0.3) is 0 Å². The minimum atomic E-state index is -0.411. The van der Waals surface area contributed by atoms with Crippen LogP contribution in [-0.2, 0) is 14.3 Å². The summed E-state index contributed by atoms with van der Waals surface area (Å²) in [5.74, 6) is -0.314. The normalized spacial score (nSPS) is 16.2. The molecular weight excluding hydrogens is 386 g/mol. The van der Waals surface area contributed by atoms with E-state index in [0.717, 1.165) is 12.8 Å². The first-order valence-electron chi connectivity index (χ1n) is 13.3. The molecule has 1 aliphatic rings. The molecule has 1 fully saturated rings. The van der Waals surface area contributed by atoms with E-state index in [1.165, 1.54) is 103 Å². The van der Waals surface area contributed by atoms with E-state index in [9.17, 15) is 9.59 Å². The third-order valence-electron chi connectivity index (χ3n) is 6.18. The first-order chi connectivity index (χ1) is 15.2. The van der Waals surface area contributed by atoms with Crippen molar-refractivity contribution in [3.8, 4) is 0 Å². The zero-order valence-corrected chi connectivity index (χ0v) is 20.3. The lowest BCUT2D eigenvalue weighted by atomic mass is 10.1. The molecule has 1 heterocycles. The van der Waals surface area contributed by atoms with Gasteiger partial charge < -0.3 is 10.1 Å². The van der Waals surface area contributed by atoms with E-state index in [4.69, 9.17) is 4.74 Å². The van der Waals surface area contributed by atoms with Crippen molar-refractivity contribution < 1.29 is 14.3 Å². The Balaban J connectivity index is 1.73. The third kappa shape index (κ3) is 17.0. The van der Waals surface area contributed by atoms with Crippen LogP contribution in [0.1, 0.15) is 135 Å². The highest BCUT2D eigenvalue weighted by Gasteiger charge is 2.28. The molecule has 180 valence electrons. The summed E-state index contributed by atoms with van der Waals surface area (Å²) in [5, 5.41) is 2.65. The first kappa shape index (κ1) is 27.7. The van der Waals surface area contributed by atoms with Crippen molar-refractivity contribution in [2.45, 2.75) is 141 Å². The maximum atomic E-state index is 11.7. The Bertz CT molecular complexity index is 475. The van der Waals surface area contributed by atoms with Crippen molar-refractivity contribution in [3.05, 3.63) is 12.2 Å². The molecule has 1 amide bonds. The molecule has 31 heavy (non-hydrogen) atoms. The summed E-state index contributed by atoms with van der Waals surface area (Å²) in [6, 6.07) is -0.411. The van der Waals surface area contributed by atoms with Gasteiger partial charge in [-0.1, -0.05) is 103 Å². The zero-order chi connectivity index (χ0) is 22.4. The van der Waals surface area contributed by atoms with Gasteiger partial charge in [-0.3, -0.25) is 4.79 Å². The molecule has 0 aromatic carbocycles. The van der Waals surface area contributed by atoms with Crippen LogP contribution >= 0.6 is 0 Å². The predicted molar refractivity (Wildman–Crippen MR) is 130 cm³/mol. The van der Waals surface area contributed by atoms with Crippen LogP contribution in [0.4, 0.5) is 0 Å². The number of amides is 1. The van der Waals surface area contributed by atoms with Crippen molar-refractivity contribution in [1.29, 1.82) is 0 Å². The van der Waals surface area contributed by atoms with Crippen molar-refractivity contribution in [2.75, 3.05) is 6.61 Å². The van der Waals surface area contributed by atoms with E-state index in [-0.39, 0.29) is 11.9 Å². The quantitative estimate of drug-likeness (QED) is 0.116. The highest BCUT2D eigenvalue weighted by Crippen LogP contribution is 2.13. The van der Waals surface area contributed by atoms with Crippen LogP contribution in [0.15, 0.2) is 12.2 Å². The molecular formula is C27H49NO3. The highest BCUT2D eigenvalue weighted by molar-refractivity contribution is 5.87. The van der Waals surface area contributed by atoms with Gasteiger partial charge in [-0.05, 0) is 38.5 Å². The van der Waals surface area contributed by atoms with E-state index in [1.54, 1.807) is 0 Å². The number of rotatable bonds is 21. The number of allylic oxidation sites excluding steroid dienone is 2. The molecule has 0 saturated carbocycles. The van der Waals surface area contributed by atoms with Gasteiger partial charge >= 0.3 is 5.97 Å². The Hall–Kier alpha value is -1.32. The highest BCUT2D eigenvalue weighted by atomic mass is 16.5. The van der Waals surface area contributed by atoms with Crippen molar-refractivity contribution in [1.82, 2.24) is 5.32 Å². The number of unbranched alkanes of at least 4 members (excludes halogenated alkanes) is 16. The number of esters is 1. The number of hydrogen-bond acceptors (Lipinski definition) is 3. The number of hydrogen-bond donors (Lipinski definition) is 1. The third-order valence-corrected chi connectivity index (χ3v) is 6.18. The van der Waals surface area contributed by atoms with Gasteiger partial charge in [-0.15, -0.1) is 0 Å². The summed E-state index contributed by atoms with van der Waals surface area (Å²) in [5.41, 5.74) is 0. The Kier molecular flexibility index (Phi) is 18.4. The lowest BCUT2D eigenvalue weighted by molar-refractivity contribution is -0.146. The van der Waals surface area contributed by atoms with E-state index < -0.39 is 6.04 Å². The molecule has 4 heteroatoms. The summed E-state index contributed by atoms with van der Waals surface area (Å²) in [6.45, 7) is 2.76. The summed E-state index contributed by atoms with van der Waals surface area (Å²) in [7, 11) is 0. The topological polar surface area (TPSA) is 55.4 Å². The molecule has 1 N–H and O–H groups in total. The number of carbonyl (C=O) groups excluding carboxylic acids is 2.